The molecule has 11 nitrogen and oxygen atoms in total. The van der Waals surface area contributed by atoms with Crippen LogP contribution in [0.15, 0.2) is 78.9 Å². The maximum Gasteiger partial charge on any atom is 0.490 e. The van der Waals surface area contributed by atoms with Gasteiger partial charge < -0.3 is 35.3 Å². The number of alkyl halides is 3. The van der Waals surface area contributed by atoms with Gasteiger partial charge in [0.05, 0.1) is 25.1 Å². The molecular formula is C29H31F3N4O7. The summed E-state index contributed by atoms with van der Waals surface area (Å²) in [6.07, 6.45) is -6.88. The van der Waals surface area contributed by atoms with E-state index in [1.54, 1.807) is 78.9 Å². The Hall–Kier alpha value is -4.82. The molecule has 43 heavy (non-hydrogen) atoms. The van der Waals surface area contributed by atoms with Crippen LogP contribution in [0.2, 0.25) is 0 Å². The van der Waals surface area contributed by atoms with Gasteiger partial charge >= 0.3 is 24.3 Å². The molecule has 0 saturated heterocycles. The molecule has 14 heteroatoms. The zero-order chi connectivity index (χ0) is 31.2. The maximum absolute atomic E-state index is 12.8. The summed E-state index contributed by atoms with van der Waals surface area (Å²) in [6.45, 7) is -0.921. The Morgan fingerprint density at radius 2 is 1.49 bits per heavy atom. The monoisotopic (exact) mass is 604 g/mol. The van der Waals surface area contributed by atoms with Gasteiger partial charge in [-0.1, -0.05) is 42.5 Å². The van der Waals surface area contributed by atoms with Gasteiger partial charge in [-0.15, -0.1) is 0 Å². The molecule has 3 aromatic carbocycles. The van der Waals surface area contributed by atoms with Crippen LogP contribution in [-0.2, 0) is 20.7 Å². The molecule has 0 saturated carbocycles. The van der Waals surface area contributed by atoms with Crippen LogP contribution in [0.1, 0.15) is 5.56 Å². The first-order valence-corrected chi connectivity index (χ1v) is 13.0. The van der Waals surface area contributed by atoms with E-state index < -0.39 is 36.4 Å². The molecule has 0 spiro atoms. The number of anilines is 3. The Morgan fingerprint density at radius 1 is 0.860 bits per heavy atom. The molecule has 0 aliphatic heterocycles. The normalized spacial score (nSPS) is 12.4. The van der Waals surface area contributed by atoms with E-state index in [0.29, 0.717) is 22.8 Å². The van der Waals surface area contributed by atoms with E-state index in [4.69, 9.17) is 4.74 Å². The molecule has 3 amide bonds. The van der Waals surface area contributed by atoms with E-state index in [2.05, 4.69) is 30.7 Å². The second kappa shape index (κ2) is 16.0. The topological polar surface area (TPSA) is 147 Å². The first kappa shape index (κ1) is 32.7. The van der Waals surface area contributed by atoms with Gasteiger partial charge in [0, 0.05) is 18.3 Å². The number of aliphatic hydroxyl groups is 1. The summed E-state index contributed by atoms with van der Waals surface area (Å²) in [5.74, 6) is -1.95. The molecule has 0 unspecified atom stereocenters. The average Bonchev–Trinajstić information content (AvgIpc) is 2.99. The average molecular weight is 605 g/mol. The van der Waals surface area contributed by atoms with Gasteiger partial charge in [-0.2, -0.15) is 13.2 Å². The molecule has 3 rings (SSSR count). The quantitative estimate of drug-likeness (QED) is 0.179. The van der Waals surface area contributed by atoms with Crippen LogP contribution >= 0.6 is 0 Å². The highest BCUT2D eigenvalue weighted by Gasteiger charge is 2.42. The zero-order valence-corrected chi connectivity index (χ0v) is 23.0. The van der Waals surface area contributed by atoms with Crippen LogP contribution < -0.4 is 26.0 Å². The molecule has 3 aromatic rings. The second-order valence-corrected chi connectivity index (χ2v) is 9.08. The van der Waals surface area contributed by atoms with Gasteiger partial charge in [0.25, 0.3) is 0 Å². The van der Waals surface area contributed by atoms with E-state index in [9.17, 15) is 32.7 Å². The Balaban J connectivity index is 1.55. The highest BCUT2D eigenvalue weighted by Crippen LogP contribution is 2.22. The lowest BCUT2D eigenvalue weighted by Gasteiger charge is -2.23. The van der Waals surface area contributed by atoms with Crippen molar-refractivity contribution in [1.82, 2.24) is 5.32 Å². The number of carbonyl (C=O) groups is 3. The number of amides is 3. The summed E-state index contributed by atoms with van der Waals surface area (Å²) >= 11 is 0. The van der Waals surface area contributed by atoms with Crippen molar-refractivity contribution in [2.75, 3.05) is 42.8 Å². The molecule has 0 radical (unpaired) electrons. The SMILES string of the molecule is COC(=O)Nc1ccccc1NC(=O)Nc1ccc(C[C@@H](CO)NC[C@@H](COc2ccccc2)OC(=O)C(F)(F)F)cc1. The molecule has 0 aromatic heterocycles. The molecule has 0 bridgehead atoms. The number of rotatable bonds is 13. The molecule has 2 atom stereocenters. The van der Waals surface area contributed by atoms with Crippen LogP contribution in [-0.4, -0.2) is 68.4 Å². The molecular weight excluding hydrogens is 573 g/mol. The fourth-order valence-electron chi connectivity index (χ4n) is 3.71. The fourth-order valence-corrected chi connectivity index (χ4v) is 3.71. The van der Waals surface area contributed by atoms with Crippen LogP contribution in [0.5, 0.6) is 5.75 Å². The minimum absolute atomic E-state index is 0.216. The predicted octanol–water partition coefficient (Wildman–Crippen LogP) is 4.56. The highest BCUT2D eigenvalue weighted by molar-refractivity contribution is 6.03. The molecule has 230 valence electrons. The van der Waals surface area contributed by atoms with E-state index in [0.717, 1.165) is 5.56 Å². The standard InChI is InChI=1S/C29H31F3N4O7/c1-41-28(40)36-25-10-6-5-9-24(25)35-27(39)34-20-13-11-19(12-14-20)15-21(17-37)33-16-23(43-26(38)29(30,31)32)18-42-22-7-3-2-4-8-22/h2-14,21,23,33,37H,15-18H2,1H3,(H,36,40)(H2,34,35,39)/t21-,23-/m0/s1. The smallest absolute Gasteiger partial charge is 0.490 e. The van der Waals surface area contributed by atoms with Gasteiger partial charge in [0.15, 0.2) is 0 Å². The minimum Gasteiger partial charge on any atom is -0.490 e. The van der Waals surface area contributed by atoms with Crippen molar-refractivity contribution in [3.63, 3.8) is 0 Å². The third-order valence-corrected chi connectivity index (χ3v) is 5.83. The van der Waals surface area contributed by atoms with Crippen LogP contribution in [0.3, 0.4) is 0 Å². The highest BCUT2D eigenvalue weighted by atomic mass is 19.4. The van der Waals surface area contributed by atoms with Crippen molar-refractivity contribution >= 4 is 35.2 Å². The third kappa shape index (κ3) is 11.2. The summed E-state index contributed by atoms with van der Waals surface area (Å²) in [5, 5.41) is 20.6. The third-order valence-electron chi connectivity index (χ3n) is 5.83. The summed E-state index contributed by atoms with van der Waals surface area (Å²) in [5.41, 5.74) is 1.87. The Labute approximate surface area is 245 Å². The minimum atomic E-state index is -5.17. The van der Waals surface area contributed by atoms with Crippen LogP contribution in [0.25, 0.3) is 0 Å². The van der Waals surface area contributed by atoms with Crippen molar-refractivity contribution in [3.05, 3.63) is 84.4 Å². The lowest BCUT2D eigenvalue weighted by molar-refractivity contribution is -0.205. The first-order chi connectivity index (χ1) is 20.6. The van der Waals surface area contributed by atoms with Crippen molar-refractivity contribution in [2.45, 2.75) is 24.7 Å². The molecule has 5 N–H and O–H groups in total. The second-order valence-electron chi connectivity index (χ2n) is 9.08. The summed E-state index contributed by atoms with van der Waals surface area (Å²) in [4.78, 5) is 35.5. The van der Waals surface area contributed by atoms with Crippen molar-refractivity contribution in [3.8, 4) is 5.75 Å². The van der Waals surface area contributed by atoms with Gasteiger partial charge in [-0.25, -0.2) is 14.4 Å². The number of halogens is 3. The Bertz CT molecular complexity index is 1340. The zero-order valence-electron chi connectivity index (χ0n) is 23.0. The number of methoxy groups -OCH3 is 1. The van der Waals surface area contributed by atoms with E-state index >= 15 is 0 Å². The fraction of sp³-hybridized carbons (Fsp3) is 0.276. The Morgan fingerprint density at radius 3 is 2.09 bits per heavy atom. The number of esters is 1. The lowest BCUT2D eigenvalue weighted by Crippen LogP contribution is -2.44. The van der Waals surface area contributed by atoms with Gasteiger partial charge in [0.1, 0.15) is 18.5 Å². The largest absolute Gasteiger partial charge is 0.490 e. The molecule has 0 aliphatic carbocycles. The van der Waals surface area contributed by atoms with Crippen molar-refractivity contribution in [2.24, 2.45) is 0 Å². The Kier molecular flexibility index (Phi) is 12.2. The van der Waals surface area contributed by atoms with Crippen LogP contribution in [0.4, 0.5) is 39.8 Å². The number of para-hydroxylation sites is 3. The van der Waals surface area contributed by atoms with Gasteiger partial charge in [0.2, 0.25) is 0 Å². The van der Waals surface area contributed by atoms with Crippen LogP contribution in [0, 0.1) is 0 Å². The molecule has 0 heterocycles. The number of ether oxygens (including phenoxy) is 3. The first-order valence-electron chi connectivity index (χ1n) is 13.0. The number of hydrogen-bond donors (Lipinski definition) is 5. The molecule has 0 aliphatic rings. The molecule has 0 fully saturated rings. The summed E-state index contributed by atoms with van der Waals surface area (Å²) in [6, 6.07) is 20.4. The van der Waals surface area contributed by atoms with E-state index in [1.165, 1.54) is 7.11 Å². The van der Waals surface area contributed by atoms with Gasteiger partial charge in [-0.3, -0.25) is 5.32 Å². The van der Waals surface area contributed by atoms with E-state index in [1.807, 2.05) is 0 Å². The lowest BCUT2D eigenvalue weighted by atomic mass is 10.1. The van der Waals surface area contributed by atoms with Gasteiger partial charge in [-0.05, 0) is 48.4 Å². The number of carbonyl (C=O) groups excluding carboxylic acids is 3. The number of benzene rings is 3. The number of aliphatic hydroxyl groups excluding tert-OH is 1. The van der Waals surface area contributed by atoms with Crippen molar-refractivity contribution in [1.29, 1.82) is 0 Å². The predicted molar refractivity (Wildman–Crippen MR) is 152 cm³/mol. The number of nitrogens with one attached hydrogen (secondary N) is 4. The van der Waals surface area contributed by atoms with E-state index in [-0.39, 0.29) is 26.2 Å². The summed E-state index contributed by atoms with van der Waals surface area (Å²) in [7, 11) is 1.22. The maximum atomic E-state index is 12.8. The number of hydrogen-bond acceptors (Lipinski definition) is 8. The van der Waals surface area contributed by atoms with Crippen molar-refractivity contribution < 1.29 is 46.9 Å². The number of urea groups is 1. The summed E-state index contributed by atoms with van der Waals surface area (Å²) < 4.78 is 53.0.